The van der Waals surface area contributed by atoms with Gasteiger partial charge < -0.3 is 11.5 Å². The Balaban J connectivity index is 0. The first kappa shape index (κ1) is 8.85. The maximum Gasteiger partial charge on any atom is 0.183 e. The molecule has 5 nitrogen and oxygen atoms in total. The van der Waals surface area contributed by atoms with Crippen LogP contribution in [0.3, 0.4) is 0 Å². The monoisotopic (exact) mass is 90.1 g/mol. The van der Waals surface area contributed by atoms with Crippen molar-refractivity contribution in [2.45, 2.75) is 0 Å². The lowest BCUT2D eigenvalue weighted by molar-refractivity contribution is 1.39. The van der Waals surface area contributed by atoms with Gasteiger partial charge in [-0.25, -0.2) is 0 Å². The van der Waals surface area contributed by atoms with Crippen LogP contribution in [-0.2, 0) is 0 Å². The number of nitrogens with one attached hydrogen (secondary N) is 2. The molecule has 0 atom stereocenters. The van der Waals surface area contributed by atoms with Gasteiger partial charge in [0.2, 0.25) is 0 Å². The molecular formula is CH6N4O. The number of hydrogen-bond acceptors (Lipinski definition) is 3. The van der Waals surface area contributed by atoms with Crippen molar-refractivity contribution in [1.29, 1.82) is 11.0 Å². The Kier molecular flexibility index (Phi) is 13.5. The molecule has 0 heterocycles. The summed E-state index contributed by atoms with van der Waals surface area (Å²) in [6, 6.07) is 0. The van der Waals surface area contributed by atoms with Crippen molar-refractivity contribution >= 4 is 5.96 Å². The molecule has 0 saturated heterocycles. The Hall–Kier alpha value is -1.13. The number of hydrogen-bond donors (Lipinski definition) is 4. The van der Waals surface area contributed by atoms with Crippen molar-refractivity contribution in [2.24, 2.45) is 11.5 Å². The van der Waals surface area contributed by atoms with Crippen molar-refractivity contribution in [3.8, 4) is 0 Å². The summed E-state index contributed by atoms with van der Waals surface area (Å²) in [5.74, 6) is -0.333. The zero-order valence-corrected chi connectivity index (χ0v) is 3.06. The Labute approximate surface area is 34.6 Å². The molecule has 0 aromatic heterocycles. The van der Waals surface area contributed by atoms with Gasteiger partial charge in [-0.05, 0) is 0 Å². The van der Waals surface area contributed by atoms with Crippen molar-refractivity contribution in [3.05, 3.63) is 4.91 Å². The Morgan fingerprint density at radius 3 is 1.33 bits per heavy atom. The van der Waals surface area contributed by atoms with E-state index in [1.807, 2.05) is 0 Å². The normalized spacial score (nSPS) is 4.67. The molecule has 6 heavy (non-hydrogen) atoms. The highest BCUT2D eigenvalue weighted by Gasteiger charge is 1.52. The van der Waals surface area contributed by atoms with Gasteiger partial charge in [-0.3, -0.25) is 5.41 Å². The van der Waals surface area contributed by atoms with E-state index in [1.54, 1.807) is 0 Å². The second-order valence-corrected chi connectivity index (χ2v) is 0.455. The summed E-state index contributed by atoms with van der Waals surface area (Å²) in [7, 11) is 0. The summed E-state index contributed by atoms with van der Waals surface area (Å²) in [5.41, 5.74) is 13.4. The van der Waals surface area contributed by atoms with Crippen LogP contribution < -0.4 is 11.5 Å². The lowest BCUT2D eigenvalue weighted by Crippen LogP contribution is -2.20. The van der Waals surface area contributed by atoms with E-state index >= 15 is 0 Å². The van der Waals surface area contributed by atoms with Crippen LogP contribution in [0.4, 0.5) is 0 Å². The van der Waals surface area contributed by atoms with Crippen LogP contribution in [0.2, 0.25) is 0 Å². The van der Waals surface area contributed by atoms with Crippen molar-refractivity contribution in [2.75, 3.05) is 0 Å². The number of nitroso groups, excluding NO2 is 1. The molecular weight excluding hydrogens is 84.0 g/mol. The predicted octanol–water partition coefficient (Wildman–Crippen LogP) is -0.830. The molecule has 0 aliphatic rings. The van der Waals surface area contributed by atoms with Gasteiger partial charge in [-0.15, -0.1) is 0 Å². The summed E-state index contributed by atoms with van der Waals surface area (Å²) < 4.78 is 0. The molecule has 5 heteroatoms. The second-order valence-electron chi connectivity index (χ2n) is 0.455. The van der Waals surface area contributed by atoms with Crippen LogP contribution in [0.5, 0.6) is 0 Å². The Morgan fingerprint density at radius 2 is 1.33 bits per heavy atom. The maximum absolute atomic E-state index is 7.50. The van der Waals surface area contributed by atoms with Crippen molar-refractivity contribution < 1.29 is 0 Å². The quantitative estimate of drug-likeness (QED) is 0.176. The van der Waals surface area contributed by atoms with Crippen LogP contribution in [0.1, 0.15) is 0 Å². The third-order valence-corrected chi connectivity index (χ3v) is 0. The summed E-state index contributed by atoms with van der Waals surface area (Å²) >= 11 is 0. The van der Waals surface area contributed by atoms with Gasteiger partial charge in [0.1, 0.15) is 0 Å². The highest BCUT2D eigenvalue weighted by atomic mass is 16.2. The average molecular weight is 90.1 g/mol. The molecule has 0 radical (unpaired) electrons. The van der Waals surface area contributed by atoms with E-state index in [-0.39, 0.29) is 5.96 Å². The number of nitrogens with two attached hydrogens (primary N) is 2. The van der Waals surface area contributed by atoms with Gasteiger partial charge in [0.25, 0.3) is 0 Å². The minimum Gasteiger partial charge on any atom is -0.370 e. The molecule has 0 aliphatic heterocycles. The van der Waals surface area contributed by atoms with Crippen LogP contribution in [-0.4, -0.2) is 5.96 Å². The average Bonchev–Trinajstić information content (AvgIpc) is 1.41. The minimum absolute atomic E-state index is 0.333. The zero-order chi connectivity index (χ0) is 5.58. The van der Waals surface area contributed by atoms with Crippen LogP contribution in [0.25, 0.3) is 0 Å². The maximum atomic E-state index is 7.50. The van der Waals surface area contributed by atoms with E-state index in [1.165, 1.54) is 0 Å². The van der Waals surface area contributed by atoms with Gasteiger partial charge in [-0.2, -0.15) is 4.91 Å². The molecule has 0 unspecified atom stereocenters. The Morgan fingerprint density at radius 1 is 1.33 bits per heavy atom. The standard InChI is InChI=1S/CH5N3.HNO/c2-1(3)4;1-2/h(H5,2,3,4);1H. The molecule has 0 saturated carbocycles. The van der Waals surface area contributed by atoms with Gasteiger partial charge in [0.15, 0.2) is 5.96 Å². The molecule has 0 aromatic rings. The molecule has 0 spiro atoms. The zero-order valence-electron chi connectivity index (χ0n) is 3.06. The van der Waals surface area contributed by atoms with E-state index in [0.29, 0.717) is 0 Å². The molecule has 0 bridgehead atoms. The van der Waals surface area contributed by atoms with Gasteiger partial charge in [-0.1, -0.05) is 5.59 Å². The SMILES string of the molecule is N=C(N)N.N=O. The fourth-order valence-corrected chi connectivity index (χ4v) is 0. The van der Waals surface area contributed by atoms with Gasteiger partial charge in [0, 0.05) is 0 Å². The number of guanidine groups is 1. The molecule has 0 amide bonds. The molecule has 0 aromatic carbocycles. The molecule has 36 valence electrons. The van der Waals surface area contributed by atoms with E-state index in [4.69, 9.17) is 10.3 Å². The van der Waals surface area contributed by atoms with E-state index < -0.39 is 0 Å². The summed E-state index contributed by atoms with van der Waals surface area (Å²) in [4.78, 5) is 7.50. The lowest BCUT2D eigenvalue weighted by atomic mass is 11.1. The van der Waals surface area contributed by atoms with E-state index in [0.717, 1.165) is 0 Å². The fraction of sp³-hybridized carbons (Fsp3) is 0. The first-order valence-electron chi connectivity index (χ1n) is 1.03. The molecule has 0 fully saturated rings. The summed E-state index contributed by atoms with van der Waals surface area (Å²) in [6.45, 7) is 0. The third kappa shape index (κ3) is 7.86. The van der Waals surface area contributed by atoms with Crippen molar-refractivity contribution in [3.63, 3.8) is 0 Å². The summed E-state index contributed by atoms with van der Waals surface area (Å²) in [5, 5.41) is 6.06. The molecule has 6 N–H and O–H groups in total. The predicted molar refractivity (Wildman–Crippen MR) is 22.2 cm³/mol. The fourth-order valence-electron chi connectivity index (χ4n) is 0. The van der Waals surface area contributed by atoms with E-state index in [2.05, 4.69) is 17.1 Å². The van der Waals surface area contributed by atoms with Gasteiger partial charge in [0.05, 0.1) is 0 Å². The van der Waals surface area contributed by atoms with E-state index in [9.17, 15) is 0 Å². The topological polar surface area (TPSA) is 117 Å². The summed E-state index contributed by atoms with van der Waals surface area (Å²) in [6.07, 6.45) is 0. The Bertz CT molecular complexity index is 38.8. The van der Waals surface area contributed by atoms with Crippen molar-refractivity contribution in [1.82, 2.24) is 0 Å². The third-order valence-electron chi connectivity index (χ3n) is 0. The second kappa shape index (κ2) is 9.12. The largest absolute Gasteiger partial charge is 0.370 e. The smallest absolute Gasteiger partial charge is 0.183 e. The van der Waals surface area contributed by atoms with Crippen LogP contribution in [0, 0.1) is 15.9 Å². The first-order chi connectivity index (χ1) is 2.73. The number of rotatable bonds is 0. The molecule has 0 rings (SSSR count). The first-order valence-corrected chi connectivity index (χ1v) is 1.03. The van der Waals surface area contributed by atoms with Crippen LogP contribution in [0.15, 0.2) is 0 Å². The van der Waals surface area contributed by atoms with Crippen LogP contribution >= 0.6 is 0 Å². The molecule has 0 aliphatic carbocycles. The van der Waals surface area contributed by atoms with Gasteiger partial charge >= 0.3 is 0 Å². The highest BCUT2D eigenvalue weighted by Crippen LogP contribution is 1.13. The highest BCUT2D eigenvalue weighted by molar-refractivity contribution is 5.71. The lowest BCUT2D eigenvalue weighted by Gasteiger charge is -1.69. The minimum atomic E-state index is -0.333.